The lowest BCUT2D eigenvalue weighted by Gasteiger charge is -2.17. The minimum Gasteiger partial charge on any atom is -0.369 e. The minimum atomic E-state index is -2.97. The number of sulfonamides is 1. The maximum absolute atomic E-state index is 11.1. The van der Waals surface area contributed by atoms with Crippen molar-refractivity contribution in [2.24, 2.45) is 0 Å². The number of nitrogens with zero attached hydrogens (tertiary/aromatic N) is 1. The second-order valence-electron chi connectivity index (χ2n) is 3.45. The van der Waals surface area contributed by atoms with Crippen molar-refractivity contribution in [2.45, 2.75) is 25.0 Å². The molecule has 2 heterocycles. The van der Waals surface area contributed by atoms with Crippen LogP contribution >= 0.6 is 0 Å². The Labute approximate surface area is 72.6 Å². The van der Waals surface area contributed by atoms with E-state index in [1.807, 2.05) is 0 Å². The molecule has 0 N–H and O–H groups in total. The largest absolute Gasteiger partial charge is 0.369 e. The summed E-state index contributed by atoms with van der Waals surface area (Å²) in [6.07, 6.45) is 3.67. The average molecular weight is 191 g/mol. The van der Waals surface area contributed by atoms with E-state index in [2.05, 4.69) is 0 Å². The van der Waals surface area contributed by atoms with Crippen LogP contribution < -0.4 is 0 Å². The van der Waals surface area contributed by atoms with Crippen molar-refractivity contribution in [3.05, 3.63) is 0 Å². The molecule has 2 aliphatic rings. The van der Waals surface area contributed by atoms with Gasteiger partial charge in [0.1, 0.15) is 0 Å². The Morgan fingerprint density at radius 1 is 1.25 bits per heavy atom. The topological polar surface area (TPSA) is 49.9 Å². The maximum Gasteiger partial charge on any atom is 0.211 e. The standard InChI is InChI=1S/C7H13NO3S/c1-12(9,10)8-4-2-6-7(11-6)3-5-8/h6-7H,2-5H2,1H3/t6-,7-/m1/s1. The first-order valence-corrected chi connectivity index (χ1v) is 6.03. The van der Waals surface area contributed by atoms with E-state index in [1.54, 1.807) is 4.31 Å². The van der Waals surface area contributed by atoms with Crippen LogP contribution in [0.2, 0.25) is 0 Å². The van der Waals surface area contributed by atoms with Gasteiger partial charge in [0.2, 0.25) is 10.0 Å². The predicted molar refractivity (Wildman–Crippen MR) is 44.3 cm³/mol. The summed E-state index contributed by atoms with van der Waals surface area (Å²) in [6.45, 7) is 1.25. The van der Waals surface area contributed by atoms with Gasteiger partial charge in [0.05, 0.1) is 18.5 Å². The summed E-state index contributed by atoms with van der Waals surface area (Å²) in [5.41, 5.74) is 0. The van der Waals surface area contributed by atoms with Crippen LogP contribution in [0.1, 0.15) is 12.8 Å². The summed E-state index contributed by atoms with van der Waals surface area (Å²) in [4.78, 5) is 0. The Kier molecular flexibility index (Phi) is 1.89. The molecule has 0 aromatic rings. The van der Waals surface area contributed by atoms with Gasteiger partial charge in [-0.25, -0.2) is 12.7 Å². The van der Waals surface area contributed by atoms with Crippen molar-refractivity contribution in [3.8, 4) is 0 Å². The molecule has 2 fully saturated rings. The number of epoxide rings is 1. The van der Waals surface area contributed by atoms with E-state index in [4.69, 9.17) is 4.74 Å². The van der Waals surface area contributed by atoms with Gasteiger partial charge in [0.15, 0.2) is 0 Å². The van der Waals surface area contributed by atoms with Crippen LogP contribution in [0.3, 0.4) is 0 Å². The van der Waals surface area contributed by atoms with Gasteiger partial charge in [-0.05, 0) is 12.8 Å². The van der Waals surface area contributed by atoms with Crippen LogP contribution in [-0.2, 0) is 14.8 Å². The lowest BCUT2D eigenvalue weighted by atomic mass is 10.2. The molecule has 70 valence electrons. The van der Waals surface area contributed by atoms with Gasteiger partial charge in [0, 0.05) is 13.1 Å². The van der Waals surface area contributed by atoms with Crippen molar-refractivity contribution >= 4 is 10.0 Å². The molecule has 0 amide bonds. The van der Waals surface area contributed by atoms with E-state index in [0.29, 0.717) is 25.3 Å². The van der Waals surface area contributed by atoms with E-state index in [-0.39, 0.29) is 0 Å². The highest BCUT2D eigenvalue weighted by Gasteiger charge is 2.41. The zero-order valence-electron chi connectivity index (χ0n) is 7.06. The van der Waals surface area contributed by atoms with Gasteiger partial charge in [0.25, 0.3) is 0 Å². The summed E-state index contributed by atoms with van der Waals surface area (Å²) in [6, 6.07) is 0. The fourth-order valence-electron chi connectivity index (χ4n) is 1.67. The molecular formula is C7H13NO3S. The second-order valence-corrected chi connectivity index (χ2v) is 5.43. The number of ether oxygens (including phenoxy) is 1. The molecule has 0 saturated carbocycles. The monoisotopic (exact) mass is 191 g/mol. The van der Waals surface area contributed by atoms with Gasteiger partial charge in [-0.1, -0.05) is 0 Å². The second kappa shape index (κ2) is 2.68. The number of hydrogen-bond donors (Lipinski definition) is 0. The fourth-order valence-corrected chi connectivity index (χ4v) is 2.55. The normalized spacial score (nSPS) is 37.1. The van der Waals surface area contributed by atoms with E-state index in [1.165, 1.54) is 6.26 Å². The first-order valence-electron chi connectivity index (χ1n) is 4.18. The van der Waals surface area contributed by atoms with Gasteiger partial charge in [-0.15, -0.1) is 0 Å². The lowest BCUT2D eigenvalue weighted by Crippen LogP contribution is -2.31. The summed E-state index contributed by atoms with van der Waals surface area (Å²) in [7, 11) is -2.97. The van der Waals surface area contributed by atoms with E-state index < -0.39 is 10.0 Å². The molecule has 12 heavy (non-hydrogen) atoms. The Balaban J connectivity index is 2.01. The zero-order valence-corrected chi connectivity index (χ0v) is 7.88. The molecule has 4 nitrogen and oxygen atoms in total. The van der Waals surface area contributed by atoms with Gasteiger partial charge in [-0.3, -0.25) is 0 Å². The third kappa shape index (κ3) is 1.62. The molecule has 2 atom stereocenters. The maximum atomic E-state index is 11.1. The van der Waals surface area contributed by atoms with Crippen molar-refractivity contribution in [2.75, 3.05) is 19.3 Å². The minimum absolute atomic E-state index is 0.344. The van der Waals surface area contributed by atoms with Crippen molar-refractivity contribution < 1.29 is 13.2 Å². The highest BCUT2D eigenvalue weighted by Crippen LogP contribution is 2.31. The van der Waals surface area contributed by atoms with E-state index >= 15 is 0 Å². The van der Waals surface area contributed by atoms with Gasteiger partial charge < -0.3 is 4.74 Å². The average Bonchev–Trinajstić information content (AvgIpc) is 2.57. The number of fused-ring (bicyclic) bond motifs is 1. The van der Waals surface area contributed by atoms with Crippen LogP contribution in [0.5, 0.6) is 0 Å². The summed E-state index contributed by atoms with van der Waals surface area (Å²) >= 11 is 0. The highest BCUT2D eigenvalue weighted by molar-refractivity contribution is 7.88. The number of hydrogen-bond acceptors (Lipinski definition) is 3. The van der Waals surface area contributed by atoms with Crippen LogP contribution in [-0.4, -0.2) is 44.3 Å². The molecule has 2 rings (SSSR count). The third-order valence-electron chi connectivity index (χ3n) is 2.48. The molecule has 2 aliphatic heterocycles. The van der Waals surface area contributed by atoms with E-state index in [0.717, 1.165) is 12.8 Å². The van der Waals surface area contributed by atoms with Crippen LogP contribution in [0.15, 0.2) is 0 Å². The molecule has 0 unspecified atom stereocenters. The Morgan fingerprint density at radius 2 is 1.75 bits per heavy atom. The van der Waals surface area contributed by atoms with Gasteiger partial charge in [-0.2, -0.15) is 0 Å². The molecule has 5 heteroatoms. The zero-order chi connectivity index (χ0) is 8.77. The SMILES string of the molecule is CS(=O)(=O)N1CC[C@H]2O[C@@H]2CC1. The van der Waals surface area contributed by atoms with Crippen molar-refractivity contribution in [1.82, 2.24) is 4.31 Å². The molecule has 0 spiro atoms. The number of rotatable bonds is 1. The quantitative estimate of drug-likeness (QED) is 0.540. The molecule has 0 aromatic heterocycles. The molecule has 0 bridgehead atoms. The van der Waals surface area contributed by atoms with Crippen LogP contribution in [0.25, 0.3) is 0 Å². The lowest BCUT2D eigenvalue weighted by molar-refractivity contribution is 0.301. The van der Waals surface area contributed by atoms with E-state index in [9.17, 15) is 8.42 Å². The molecule has 0 aliphatic carbocycles. The molecule has 0 radical (unpaired) electrons. The Morgan fingerprint density at radius 3 is 2.17 bits per heavy atom. The van der Waals surface area contributed by atoms with Crippen LogP contribution in [0, 0.1) is 0 Å². The fraction of sp³-hybridized carbons (Fsp3) is 1.00. The van der Waals surface area contributed by atoms with Crippen LogP contribution in [0.4, 0.5) is 0 Å². The summed E-state index contributed by atoms with van der Waals surface area (Å²) in [5, 5.41) is 0. The highest BCUT2D eigenvalue weighted by atomic mass is 32.2. The first-order chi connectivity index (χ1) is 5.57. The summed E-state index contributed by atoms with van der Waals surface area (Å²) < 4.78 is 29.1. The predicted octanol–water partition coefficient (Wildman–Crippen LogP) is -0.191. The molecular weight excluding hydrogens is 178 g/mol. The Bertz CT molecular complexity index is 262. The Hall–Kier alpha value is -0.130. The molecule has 2 saturated heterocycles. The molecule has 0 aromatic carbocycles. The third-order valence-corrected chi connectivity index (χ3v) is 3.79. The summed E-state index contributed by atoms with van der Waals surface area (Å²) in [5.74, 6) is 0. The van der Waals surface area contributed by atoms with Crippen molar-refractivity contribution in [3.63, 3.8) is 0 Å². The smallest absolute Gasteiger partial charge is 0.211 e. The van der Waals surface area contributed by atoms with Gasteiger partial charge >= 0.3 is 0 Å². The first kappa shape index (κ1) is 8.47. The van der Waals surface area contributed by atoms with Crippen molar-refractivity contribution in [1.29, 1.82) is 0 Å².